The first-order valence-corrected chi connectivity index (χ1v) is 12.7. The molecule has 0 amide bonds. The zero-order valence-electron chi connectivity index (χ0n) is 20.5. The van der Waals surface area contributed by atoms with Gasteiger partial charge in [0.1, 0.15) is 34.7 Å². The fourth-order valence-corrected chi connectivity index (χ4v) is 5.52. The number of rotatable bonds is 6. The van der Waals surface area contributed by atoms with E-state index in [-0.39, 0.29) is 12.1 Å². The molecule has 4 heterocycles. The minimum atomic E-state index is -0.317. The molecule has 0 radical (unpaired) electrons. The fourth-order valence-electron chi connectivity index (χ4n) is 4.68. The predicted molar refractivity (Wildman–Crippen MR) is 143 cm³/mol. The number of aliphatic imine (C=N–C) groups is 1. The number of hydrogen-bond donors (Lipinski definition) is 1. The van der Waals surface area contributed by atoms with E-state index in [1.807, 2.05) is 44.3 Å². The third-order valence-electron chi connectivity index (χ3n) is 6.58. The zero-order valence-corrected chi connectivity index (χ0v) is 21.3. The highest BCUT2D eigenvalue weighted by Crippen LogP contribution is 2.33. The van der Waals surface area contributed by atoms with Crippen LogP contribution in [-0.4, -0.2) is 49.4 Å². The Labute approximate surface area is 218 Å². The van der Waals surface area contributed by atoms with Crippen LogP contribution < -0.4 is 10.6 Å². The molecule has 5 rings (SSSR count). The number of likely N-dealkylation sites (tertiary alicyclic amines) is 1. The third-order valence-corrected chi connectivity index (χ3v) is 7.44. The summed E-state index contributed by atoms with van der Waals surface area (Å²) >= 11 is 1.43. The summed E-state index contributed by atoms with van der Waals surface area (Å²) < 4.78 is 13.5. The number of pyridine rings is 1. The quantitative estimate of drug-likeness (QED) is 0.178. The third kappa shape index (κ3) is 4.69. The van der Waals surface area contributed by atoms with E-state index in [1.54, 1.807) is 15.6 Å². The molecule has 3 aromatic heterocycles. The van der Waals surface area contributed by atoms with E-state index in [9.17, 15) is 5.26 Å². The van der Waals surface area contributed by atoms with E-state index >= 15 is 0 Å². The van der Waals surface area contributed by atoms with Gasteiger partial charge < -0.3 is 15.5 Å². The highest BCUT2D eigenvalue weighted by Gasteiger charge is 2.22. The average Bonchev–Trinajstić information content (AvgIpc) is 3.56. The van der Waals surface area contributed by atoms with Crippen molar-refractivity contribution in [3.05, 3.63) is 59.5 Å². The maximum atomic E-state index is 9.69. The molecule has 0 saturated carbocycles. The first kappa shape index (κ1) is 24.2. The van der Waals surface area contributed by atoms with Gasteiger partial charge in [-0.25, -0.2) is 4.52 Å². The lowest BCUT2D eigenvalue weighted by Gasteiger charge is -2.26. The van der Waals surface area contributed by atoms with Gasteiger partial charge in [0.05, 0.1) is 22.7 Å². The number of nitriles is 2. The van der Waals surface area contributed by atoms with Gasteiger partial charge in [0.2, 0.25) is 0 Å². The summed E-state index contributed by atoms with van der Waals surface area (Å²) in [4.78, 5) is 6.61. The molecule has 1 aliphatic rings. The van der Waals surface area contributed by atoms with Crippen LogP contribution in [0.1, 0.15) is 49.5 Å². The Balaban J connectivity index is 1.51. The van der Waals surface area contributed by atoms with E-state index in [0.717, 1.165) is 28.5 Å². The van der Waals surface area contributed by atoms with Crippen molar-refractivity contribution in [1.82, 2.24) is 18.9 Å². The van der Waals surface area contributed by atoms with Crippen molar-refractivity contribution < 1.29 is 4.74 Å². The molecular formula is C26H25N9OS. The number of nitrogens with two attached hydrogens (primary N) is 1. The van der Waals surface area contributed by atoms with Crippen molar-refractivity contribution in [1.29, 1.82) is 10.5 Å². The maximum absolute atomic E-state index is 9.69. The Morgan fingerprint density at radius 2 is 2.08 bits per heavy atom. The molecule has 1 aliphatic heterocycles. The molecular weight excluding hydrogens is 486 g/mol. The number of hydrogen-bond acceptors (Lipinski definition) is 10. The molecule has 0 aliphatic carbocycles. The van der Waals surface area contributed by atoms with Crippen LogP contribution in [0.5, 0.6) is 5.75 Å². The number of nitrogens with zero attached hydrogens (tertiary/aromatic N) is 8. The van der Waals surface area contributed by atoms with Gasteiger partial charge in [-0.2, -0.15) is 25.1 Å². The lowest BCUT2D eigenvalue weighted by molar-refractivity contribution is 0.230. The number of piperidine rings is 1. The smallest absolute Gasteiger partial charge is 0.179 e. The molecule has 1 aromatic carbocycles. The van der Waals surface area contributed by atoms with Crippen molar-refractivity contribution in [3.63, 3.8) is 0 Å². The van der Waals surface area contributed by atoms with Gasteiger partial charge in [-0.3, -0.25) is 4.99 Å². The second-order valence-electron chi connectivity index (χ2n) is 8.92. The van der Waals surface area contributed by atoms with Crippen LogP contribution in [0.2, 0.25) is 0 Å². The van der Waals surface area contributed by atoms with Crippen molar-refractivity contribution in [2.24, 2.45) is 15.9 Å². The SMILES string of the molecule is CC(=NC1CCN(C#N)CC1)/C(=N\N)c1cc(OC(C)c2cccc3cnsc23)c2c(C#N)cnn2c1. The molecule has 4 aromatic rings. The minimum absolute atomic E-state index is 0.0932. The van der Waals surface area contributed by atoms with E-state index in [1.165, 1.54) is 17.7 Å². The van der Waals surface area contributed by atoms with Crippen LogP contribution in [0, 0.1) is 22.8 Å². The summed E-state index contributed by atoms with van der Waals surface area (Å²) in [5, 5.41) is 28.3. The molecule has 0 spiro atoms. The molecule has 1 saturated heterocycles. The lowest BCUT2D eigenvalue weighted by Crippen LogP contribution is -2.32. The fraction of sp³-hybridized carbons (Fsp3) is 0.308. The monoisotopic (exact) mass is 511 g/mol. The van der Waals surface area contributed by atoms with Gasteiger partial charge in [0.25, 0.3) is 0 Å². The molecule has 2 N–H and O–H groups in total. The first-order chi connectivity index (χ1) is 18.0. The molecule has 11 heteroatoms. The lowest BCUT2D eigenvalue weighted by atomic mass is 10.0. The van der Waals surface area contributed by atoms with Crippen LogP contribution >= 0.6 is 11.5 Å². The van der Waals surface area contributed by atoms with Crippen molar-refractivity contribution in [2.75, 3.05) is 13.1 Å². The highest BCUT2D eigenvalue weighted by molar-refractivity contribution is 7.13. The summed E-state index contributed by atoms with van der Waals surface area (Å²) in [5.74, 6) is 6.35. The van der Waals surface area contributed by atoms with Gasteiger partial charge in [-0.05, 0) is 44.3 Å². The van der Waals surface area contributed by atoms with E-state index in [0.29, 0.717) is 46.9 Å². The van der Waals surface area contributed by atoms with Gasteiger partial charge >= 0.3 is 0 Å². The summed E-state index contributed by atoms with van der Waals surface area (Å²) in [6, 6.07) is 10.2. The van der Waals surface area contributed by atoms with Gasteiger partial charge in [-0.15, -0.1) is 0 Å². The second kappa shape index (κ2) is 10.2. The van der Waals surface area contributed by atoms with E-state index in [2.05, 4.69) is 26.8 Å². The van der Waals surface area contributed by atoms with Crippen LogP contribution in [-0.2, 0) is 0 Å². The Morgan fingerprint density at radius 3 is 2.81 bits per heavy atom. The molecule has 10 nitrogen and oxygen atoms in total. The number of aromatic nitrogens is 3. The summed E-state index contributed by atoms with van der Waals surface area (Å²) in [7, 11) is 0. The zero-order chi connectivity index (χ0) is 25.9. The number of benzene rings is 1. The molecule has 0 bridgehead atoms. The summed E-state index contributed by atoms with van der Waals surface area (Å²) in [6.07, 6.45) is 8.60. The Hall–Kier alpha value is -4.48. The number of fused-ring (bicyclic) bond motifs is 2. The van der Waals surface area contributed by atoms with Crippen LogP contribution in [0.4, 0.5) is 0 Å². The minimum Gasteiger partial charge on any atom is -0.484 e. The predicted octanol–water partition coefficient (Wildman–Crippen LogP) is 4.02. The standard InChI is InChI=1S/C26H25N9OS/c1-16(32-21-6-8-34(15-28)9-7-21)24(33-29)19-10-23(25-20(11-27)12-30-35(25)14-19)36-17(2)22-5-3-4-18-13-31-37-26(18)22/h3-5,10,12-14,17,21H,6-9,29H2,1-2H3/b32-16?,33-24+. The molecule has 1 unspecified atom stereocenters. The Bertz CT molecular complexity index is 1600. The number of ether oxygens (including phenoxy) is 1. The highest BCUT2D eigenvalue weighted by atomic mass is 32.1. The Kier molecular flexibility index (Phi) is 6.71. The van der Waals surface area contributed by atoms with Crippen molar-refractivity contribution in [3.8, 4) is 18.0 Å². The van der Waals surface area contributed by atoms with E-state index < -0.39 is 0 Å². The molecule has 186 valence electrons. The van der Waals surface area contributed by atoms with Crippen molar-refractivity contribution in [2.45, 2.75) is 38.8 Å². The largest absolute Gasteiger partial charge is 0.484 e. The second-order valence-corrected chi connectivity index (χ2v) is 9.72. The maximum Gasteiger partial charge on any atom is 0.179 e. The molecule has 1 fully saturated rings. The topological polar surface area (TPSA) is 141 Å². The first-order valence-electron chi connectivity index (χ1n) is 11.9. The average molecular weight is 512 g/mol. The van der Waals surface area contributed by atoms with E-state index in [4.69, 9.17) is 20.8 Å². The molecule has 1 atom stereocenters. The van der Waals surface area contributed by atoms with Crippen LogP contribution in [0.25, 0.3) is 15.6 Å². The summed E-state index contributed by atoms with van der Waals surface area (Å²) in [6.45, 7) is 5.22. The molecule has 37 heavy (non-hydrogen) atoms. The van der Waals surface area contributed by atoms with Crippen LogP contribution in [0.15, 0.2) is 52.9 Å². The van der Waals surface area contributed by atoms with Gasteiger partial charge in [-0.1, -0.05) is 18.2 Å². The normalized spacial score (nSPS) is 16.1. The van der Waals surface area contributed by atoms with Crippen LogP contribution in [0.3, 0.4) is 0 Å². The van der Waals surface area contributed by atoms with Crippen molar-refractivity contribution >= 4 is 38.6 Å². The Morgan fingerprint density at radius 1 is 1.27 bits per heavy atom. The van der Waals surface area contributed by atoms with Gasteiger partial charge in [0, 0.05) is 42.0 Å². The number of hydrazone groups is 1. The summed E-state index contributed by atoms with van der Waals surface area (Å²) in [5.41, 5.74) is 3.88. The van der Waals surface area contributed by atoms with Gasteiger partial charge in [0.15, 0.2) is 6.19 Å².